The van der Waals surface area contributed by atoms with Crippen LogP contribution >= 0.6 is 0 Å². The molecule has 1 atom stereocenters. The Balaban J connectivity index is 1.82. The molecule has 148 valence electrons. The maximum Gasteiger partial charge on any atom is 0.280 e. The van der Waals surface area contributed by atoms with E-state index in [9.17, 15) is 14.7 Å². The average Bonchev–Trinajstić information content (AvgIpc) is 3.08. The summed E-state index contributed by atoms with van der Waals surface area (Å²) in [7, 11) is 0. The maximum atomic E-state index is 12.9. The highest BCUT2D eigenvalue weighted by Gasteiger charge is 2.14. The predicted molar refractivity (Wildman–Crippen MR) is 113 cm³/mol. The Bertz CT molecular complexity index is 1250. The summed E-state index contributed by atoms with van der Waals surface area (Å²) in [5.41, 5.74) is 3.49. The number of fused-ring (bicyclic) bond motifs is 3. The minimum Gasteiger partial charge on any atom is -0.392 e. The smallest absolute Gasteiger partial charge is 0.280 e. The van der Waals surface area contributed by atoms with Crippen molar-refractivity contribution in [3.05, 3.63) is 70.1 Å². The lowest BCUT2D eigenvalue weighted by molar-refractivity contribution is 0.0924. The van der Waals surface area contributed by atoms with Gasteiger partial charge in [-0.15, -0.1) is 0 Å². The molecule has 0 aliphatic rings. The molecule has 0 radical (unpaired) electrons. The molecule has 2 aromatic heterocycles. The van der Waals surface area contributed by atoms with E-state index < -0.39 is 6.10 Å². The van der Waals surface area contributed by atoms with Gasteiger partial charge in [-0.1, -0.05) is 19.1 Å². The van der Waals surface area contributed by atoms with Crippen molar-refractivity contribution in [3.63, 3.8) is 0 Å². The number of nitrogens with zero attached hydrogens (tertiary/aromatic N) is 2. The third-order valence-electron chi connectivity index (χ3n) is 4.95. The number of aryl methyl sites for hydroxylation is 1. The molecule has 7 nitrogen and oxygen atoms in total. The van der Waals surface area contributed by atoms with E-state index in [-0.39, 0.29) is 18.0 Å². The lowest BCUT2D eigenvalue weighted by Crippen LogP contribution is -2.30. The molecule has 0 spiro atoms. The van der Waals surface area contributed by atoms with Gasteiger partial charge in [-0.2, -0.15) is 0 Å². The van der Waals surface area contributed by atoms with Gasteiger partial charge in [0.2, 0.25) is 0 Å². The van der Waals surface area contributed by atoms with Crippen LogP contribution in [-0.2, 0) is 6.42 Å². The molecule has 0 saturated carbocycles. The van der Waals surface area contributed by atoms with Gasteiger partial charge >= 0.3 is 0 Å². The summed E-state index contributed by atoms with van der Waals surface area (Å²) < 4.78 is 1.49. The van der Waals surface area contributed by atoms with Crippen molar-refractivity contribution in [2.75, 3.05) is 6.54 Å². The number of aliphatic hydroxyl groups excluding tert-OH is 1. The average molecular weight is 390 g/mol. The van der Waals surface area contributed by atoms with Gasteiger partial charge in [0.05, 0.1) is 28.2 Å². The van der Waals surface area contributed by atoms with E-state index in [4.69, 9.17) is 0 Å². The molecule has 0 saturated heterocycles. The van der Waals surface area contributed by atoms with E-state index >= 15 is 0 Å². The van der Waals surface area contributed by atoms with Crippen molar-refractivity contribution < 1.29 is 9.90 Å². The van der Waals surface area contributed by atoms with Crippen LogP contribution in [0, 0.1) is 0 Å². The third kappa shape index (κ3) is 3.52. The van der Waals surface area contributed by atoms with E-state index in [2.05, 4.69) is 22.3 Å². The zero-order chi connectivity index (χ0) is 20.5. The quantitative estimate of drug-likeness (QED) is 0.488. The molecule has 3 N–H and O–H groups in total. The highest BCUT2D eigenvalue weighted by molar-refractivity contribution is 6.06. The van der Waals surface area contributed by atoms with Crippen molar-refractivity contribution in [2.45, 2.75) is 26.4 Å². The Morgan fingerprint density at radius 3 is 2.66 bits per heavy atom. The first-order valence-corrected chi connectivity index (χ1v) is 9.57. The lowest BCUT2D eigenvalue weighted by atomic mass is 10.1. The number of hydrogen-bond donors (Lipinski definition) is 3. The van der Waals surface area contributed by atoms with Crippen LogP contribution < -0.4 is 10.9 Å². The van der Waals surface area contributed by atoms with Gasteiger partial charge in [-0.25, -0.2) is 4.68 Å². The summed E-state index contributed by atoms with van der Waals surface area (Å²) in [6.07, 6.45) is 1.86. The van der Waals surface area contributed by atoms with Gasteiger partial charge in [-0.05, 0) is 49.2 Å². The van der Waals surface area contributed by atoms with Crippen molar-refractivity contribution >= 4 is 27.7 Å². The molecular weight excluding hydrogens is 368 g/mol. The number of hydrogen-bond acceptors (Lipinski definition) is 4. The van der Waals surface area contributed by atoms with Gasteiger partial charge in [0.15, 0.2) is 0 Å². The number of rotatable bonds is 5. The molecule has 2 heterocycles. The second kappa shape index (κ2) is 7.52. The third-order valence-corrected chi connectivity index (χ3v) is 4.95. The van der Waals surface area contributed by atoms with E-state index in [0.29, 0.717) is 27.4 Å². The van der Waals surface area contributed by atoms with Gasteiger partial charge in [0, 0.05) is 23.7 Å². The Morgan fingerprint density at radius 1 is 1.21 bits per heavy atom. The number of carbonyl (C=O) groups excluding carboxylic acids is 1. The van der Waals surface area contributed by atoms with Crippen molar-refractivity contribution in [1.82, 2.24) is 20.1 Å². The second-order valence-corrected chi connectivity index (χ2v) is 7.11. The number of H-pyrrole nitrogens is 1. The molecule has 0 aliphatic carbocycles. The number of aromatic nitrogens is 3. The summed E-state index contributed by atoms with van der Waals surface area (Å²) in [6, 6.07) is 12.9. The molecule has 0 fully saturated rings. The Hall–Kier alpha value is -3.45. The Kier molecular flexibility index (Phi) is 4.90. The Morgan fingerprint density at radius 2 is 1.97 bits per heavy atom. The zero-order valence-electron chi connectivity index (χ0n) is 16.3. The summed E-state index contributed by atoms with van der Waals surface area (Å²) in [6.45, 7) is 3.85. The minimum absolute atomic E-state index is 0.167. The first-order chi connectivity index (χ1) is 14.0. The van der Waals surface area contributed by atoms with Gasteiger partial charge in [-0.3, -0.25) is 19.7 Å². The highest BCUT2D eigenvalue weighted by Crippen LogP contribution is 2.22. The summed E-state index contributed by atoms with van der Waals surface area (Å²) in [5.74, 6) is -0.290. The van der Waals surface area contributed by atoms with E-state index in [0.717, 1.165) is 12.1 Å². The summed E-state index contributed by atoms with van der Waals surface area (Å²) in [5, 5.41) is 16.4. The minimum atomic E-state index is -0.628. The fraction of sp³-hybridized carbons (Fsp3) is 0.227. The van der Waals surface area contributed by atoms with Crippen LogP contribution in [0.15, 0.2) is 53.5 Å². The van der Waals surface area contributed by atoms with Crippen molar-refractivity contribution in [3.8, 4) is 5.69 Å². The van der Waals surface area contributed by atoms with Gasteiger partial charge < -0.3 is 10.4 Å². The SMILES string of the molecule is CCc1ccc(-n2[nH]c3c(cnc4ccc(C(=O)NC[C@H](C)O)cc43)c2=O)cc1. The lowest BCUT2D eigenvalue weighted by Gasteiger charge is -2.08. The summed E-state index contributed by atoms with van der Waals surface area (Å²) >= 11 is 0. The molecule has 29 heavy (non-hydrogen) atoms. The number of pyridine rings is 1. The standard InChI is InChI=1S/C22H22N4O3/c1-3-14-4-7-16(8-5-14)26-22(29)18-12-23-19-9-6-15(10-17(19)20(18)25-26)21(28)24-11-13(2)27/h4-10,12-13,25,27H,3,11H2,1-2H3,(H,24,28)/t13-/m0/s1. The first kappa shape index (κ1) is 18.9. The van der Waals surface area contributed by atoms with Gasteiger partial charge in [0.25, 0.3) is 11.5 Å². The summed E-state index contributed by atoms with van der Waals surface area (Å²) in [4.78, 5) is 29.6. The fourth-order valence-electron chi connectivity index (χ4n) is 3.30. The molecule has 2 aromatic carbocycles. The van der Waals surface area contributed by atoms with Crippen LogP contribution in [0.25, 0.3) is 27.5 Å². The fourth-order valence-corrected chi connectivity index (χ4v) is 3.30. The molecule has 7 heteroatoms. The number of benzene rings is 2. The molecule has 0 bridgehead atoms. The molecule has 1 amide bonds. The van der Waals surface area contributed by atoms with Crippen LogP contribution in [0.4, 0.5) is 0 Å². The molecule has 0 aliphatic heterocycles. The number of amides is 1. The van der Waals surface area contributed by atoms with E-state index in [1.165, 1.54) is 10.2 Å². The van der Waals surface area contributed by atoms with Gasteiger partial charge in [0.1, 0.15) is 0 Å². The molecule has 0 unspecified atom stereocenters. The molecule has 4 rings (SSSR count). The van der Waals surface area contributed by atoms with Crippen LogP contribution in [0.3, 0.4) is 0 Å². The van der Waals surface area contributed by atoms with Crippen molar-refractivity contribution in [1.29, 1.82) is 0 Å². The number of carbonyl (C=O) groups is 1. The second-order valence-electron chi connectivity index (χ2n) is 7.11. The van der Waals surface area contributed by atoms with E-state index in [1.807, 2.05) is 24.3 Å². The normalized spacial score (nSPS) is 12.4. The number of aliphatic hydroxyl groups is 1. The van der Waals surface area contributed by atoms with Crippen LogP contribution in [0.5, 0.6) is 0 Å². The topological polar surface area (TPSA) is 100 Å². The number of nitrogens with one attached hydrogen (secondary N) is 2. The van der Waals surface area contributed by atoms with Crippen LogP contribution in [0.2, 0.25) is 0 Å². The highest BCUT2D eigenvalue weighted by atomic mass is 16.3. The maximum absolute atomic E-state index is 12.9. The molecule has 4 aromatic rings. The first-order valence-electron chi connectivity index (χ1n) is 9.57. The largest absolute Gasteiger partial charge is 0.392 e. The van der Waals surface area contributed by atoms with Crippen molar-refractivity contribution in [2.24, 2.45) is 0 Å². The Labute approximate surface area is 167 Å². The predicted octanol–water partition coefficient (Wildman–Crippen LogP) is 2.54. The zero-order valence-corrected chi connectivity index (χ0v) is 16.3. The van der Waals surface area contributed by atoms with Crippen LogP contribution in [0.1, 0.15) is 29.8 Å². The monoisotopic (exact) mass is 390 g/mol. The van der Waals surface area contributed by atoms with Crippen LogP contribution in [-0.4, -0.2) is 38.4 Å². The molecular formula is C22H22N4O3. The number of aromatic amines is 1. The van der Waals surface area contributed by atoms with E-state index in [1.54, 1.807) is 31.3 Å².